The molecule has 0 amide bonds. The second-order valence-corrected chi connectivity index (χ2v) is 7.91. The Morgan fingerprint density at radius 2 is 1.88 bits per heavy atom. The van der Waals surface area contributed by atoms with Crippen molar-refractivity contribution >= 4 is 0 Å². The standard InChI is InChI=1S/C25H27N5O2.H2/c1-5-16(2)30-15-20(10-11-24(30)31)22-14-27-17(3)25(28-22)23-12-21(29-32-23)19-8-6-18(7-9-19)13-26-4;/h6-12,14-16,26H,5,13H2,1-4H3;1H. The van der Waals surface area contributed by atoms with Crippen molar-refractivity contribution < 1.29 is 5.95 Å². The van der Waals surface area contributed by atoms with Crippen molar-refractivity contribution in [2.45, 2.75) is 39.8 Å². The average molecular weight is 432 g/mol. The van der Waals surface area contributed by atoms with Gasteiger partial charge in [0.2, 0.25) is 0 Å². The molecule has 1 N–H and O–H groups in total. The molecule has 4 rings (SSSR count). The number of benzene rings is 1. The molecule has 7 heteroatoms. The van der Waals surface area contributed by atoms with Gasteiger partial charge in [-0.15, -0.1) is 0 Å². The van der Waals surface area contributed by atoms with Crippen LogP contribution >= 0.6 is 0 Å². The first kappa shape index (κ1) is 21.6. The lowest BCUT2D eigenvalue weighted by atomic mass is 10.1. The molecule has 0 aliphatic rings. The number of nitrogens with zero attached hydrogens (tertiary/aromatic N) is 4. The number of nitrogens with one attached hydrogen (secondary N) is 1. The maximum atomic E-state index is 12.2. The first-order chi connectivity index (χ1) is 15.5. The molecule has 0 fully saturated rings. The van der Waals surface area contributed by atoms with E-state index < -0.39 is 0 Å². The van der Waals surface area contributed by atoms with Crippen LogP contribution in [0.2, 0.25) is 0 Å². The van der Waals surface area contributed by atoms with Gasteiger partial charge in [-0.3, -0.25) is 9.78 Å². The zero-order chi connectivity index (χ0) is 22.7. The third-order valence-electron chi connectivity index (χ3n) is 5.63. The van der Waals surface area contributed by atoms with Gasteiger partial charge in [-0.1, -0.05) is 36.3 Å². The molecule has 166 valence electrons. The number of hydrogen-bond donors (Lipinski definition) is 1. The summed E-state index contributed by atoms with van der Waals surface area (Å²) < 4.78 is 7.37. The molecule has 0 radical (unpaired) electrons. The van der Waals surface area contributed by atoms with Gasteiger partial charge in [-0.25, -0.2) is 4.98 Å². The van der Waals surface area contributed by atoms with Crippen molar-refractivity contribution in [2.24, 2.45) is 0 Å². The Morgan fingerprint density at radius 3 is 2.59 bits per heavy atom. The third-order valence-corrected chi connectivity index (χ3v) is 5.63. The van der Waals surface area contributed by atoms with Crippen LogP contribution in [-0.2, 0) is 6.54 Å². The quantitative estimate of drug-likeness (QED) is 0.449. The number of hydrogen-bond acceptors (Lipinski definition) is 6. The van der Waals surface area contributed by atoms with Crippen molar-refractivity contribution in [1.82, 2.24) is 25.0 Å². The van der Waals surface area contributed by atoms with Gasteiger partial charge in [0, 0.05) is 43.5 Å². The van der Waals surface area contributed by atoms with E-state index in [1.54, 1.807) is 22.9 Å². The highest BCUT2D eigenvalue weighted by Crippen LogP contribution is 2.28. The van der Waals surface area contributed by atoms with Crippen LogP contribution in [0.15, 0.2) is 64.2 Å². The zero-order valence-electron chi connectivity index (χ0n) is 18.8. The molecule has 4 aromatic rings. The van der Waals surface area contributed by atoms with Gasteiger partial charge in [-0.05, 0) is 38.9 Å². The molecule has 0 saturated heterocycles. The molecule has 7 nitrogen and oxygen atoms in total. The largest absolute Gasteiger partial charge is 0.354 e. The Labute approximate surface area is 188 Å². The van der Waals surface area contributed by atoms with Crippen molar-refractivity contribution in [1.29, 1.82) is 0 Å². The lowest BCUT2D eigenvalue weighted by Crippen LogP contribution is -2.21. The normalized spacial score (nSPS) is 12.1. The maximum absolute atomic E-state index is 12.2. The van der Waals surface area contributed by atoms with Gasteiger partial charge in [0.05, 0.1) is 17.6 Å². The molecule has 3 heterocycles. The Balaban J connectivity index is 0.00000306. The summed E-state index contributed by atoms with van der Waals surface area (Å²) in [5.74, 6) is 0.557. The fourth-order valence-electron chi connectivity index (χ4n) is 3.54. The molecule has 3 aromatic heterocycles. The minimum absolute atomic E-state index is 0. The minimum Gasteiger partial charge on any atom is -0.354 e. The van der Waals surface area contributed by atoms with Gasteiger partial charge < -0.3 is 14.4 Å². The van der Waals surface area contributed by atoms with Crippen molar-refractivity contribution in [2.75, 3.05) is 7.05 Å². The summed E-state index contributed by atoms with van der Waals surface area (Å²) in [6, 6.07) is 13.5. The monoisotopic (exact) mass is 431 g/mol. The predicted octanol–water partition coefficient (Wildman–Crippen LogP) is 4.87. The van der Waals surface area contributed by atoms with Crippen LogP contribution in [0.5, 0.6) is 0 Å². The fourth-order valence-corrected chi connectivity index (χ4v) is 3.54. The highest BCUT2D eigenvalue weighted by Gasteiger charge is 2.15. The Bertz CT molecular complexity index is 1280. The van der Waals surface area contributed by atoms with Gasteiger partial charge in [0.25, 0.3) is 5.56 Å². The van der Waals surface area contributed by atoms with E-state index in [4.69, 9.17) is 9.51 Å². The van der Waals surface area contributed by atoms with E-state index in [9.17, 15) is 4.79 Å². The van der Waals surface area contributed by atoms with Crippen LogP contribution in [0.3, 0.4) is 0 Å². The third kappa shape index (κ3) is 4.38. The lowest BCUT2D eigenvalue weighted by molar-refractivity contribution is 0.433. The molecule has 1 atom stereocenters. The molecular weight excluding hydrogens is 402 g/mol. The summed E-state index contributed by atoms with van der Waals surface area (Å²) in [6.45, 7) is 6.79. The Kier molecular flexibility index (Phi) is 6.28. The van der Waals surface area contributed by atoms with Crippen LogP contribution in [0.1, 0.15) is 39.0 Å². The predicted molar refractivity (Wildman–Crippen MR) is 127 cm³/mol. The zero-order valence-corrected chi connectivity index (χ0v) is 18.8. The molecule has 0 aliphatic carbocycles. The van der Waals surface area contributed by atoms with E-state index in [1.807, 2.05) is 45.3 Å². The molecule has 0 spiro atoms. The maximum Gasteiger partial charge on any atom is 0.250 e. The summed E-state index contributed by atoms with van der Waals surface area (Å²) in [7, 11) is 1.92. The van der Waals surface area contributed by atoms with Gasteiger partial charge in [-0.2, -0.15) is 0 Å². The van der Waals surface area contributed by atoms with E-state index in [0.717, 1.165) is 35.5 Å². The molecular formula is C25H29N5O2. The van der Waals surface area contributed by atoms with Crippen LogP contribution in [0.4, 0.5) is 0 Å². The van der Waals surface area contributed by atoms with Crippen LogP contribution in [0, 0.1) is 6.92 Å². The summed E-state index contributed by atoms with van der Waals surface area (Å²) >= 11 is 0. The summed E-state index contributed by atoms with van der Waals surface area (Å²) in [6.07, 6.45) is 4.43. The fraction of sp³-hybridized carbons (Fsp3) is 0.280. The molecule has 1 unspecified atom stereocenters. The molecule has 1 aromatic carbocycles. The minimum atomic E-state index is -0.0241. The highest BCUT2D eigenvalue weighted by molar-refractivity contribution is 5.68. The smallest absolute Gasteiger partial charge is 0.250 e. The van der Waals surface area contributed by atoms with Crippen LogP contribution in [0.25, 0.3) is 34.0 Å². The first-order valence-corrected chi connectivity index (χ1v) is 10.8. The van der Waals surface area contributed by atoms with E-state index in [0.29, 0.717) is 17.1 Å². The average Bonchev–Trinajstić information content (AvgIpc) is 3.30. The highest BCUT2D eigenvalue weighted by atomic mass is 16.5. The van der Waals surface area contributed by atoms with E-state index >= 15 is 0 Å². The van der Waals surface area contributed by atoms with Crippen LogP contribution in [-0.4, -0.2) is 26.7 Å². The number of rotatable bonds is 7. The first-order valence-electron chi connectivity index (χ1n) is 10.8. The molecule has 0 saturated carbocycles. The summed E-state index contributed by atoms with van der Waals surface area (Å²) in [5, 5.41) is 7.38. The lowest BCUT2D eigenvalue weighted by Gasteiger charge is -2.14. The van der Waals surface area contributed by atoms with E-state index in [1.165, 1.54) is 5.56 Å². The summed E-state index contributed by atoms with van der Waals surface area (Å²) in [4.78, 5) is 21.6. The number of pyridine rings is 1. The van der Waals surface area contributed by atoms with E-state index in [-0.39, 0.29) is 13.0 Å². The summed E-state index contributed by atoms with van der Waals surface area (Å²) in [5.41, 5.74) is 5.79. The van der Waals surface area contributed by atoms with Gasteiger partial charge in [0.15, 0.2) is 5.76 Å². The SMILES string of the molecule is CCC(C)n1cc(-c2cnc(C)c(-c3cc(-c4ccc(CNC)cc4)no3)n2)ccc1=O.[HH]. The molecule has 0 aliphatic heterocycles. The van der Waals surface area contributed by atoms with Gasteiger partial charge in [0.1, 0.15) is 11.4 Å². The number of aryl methyl sites for hydroxylation is 1. The number of aromatic nitrogens is 4. The topological polar surface area (TPSA) is 85.8 Å². The second kappa shape index (κ2) is 9.28. The Hall–Kier alpha value is -3.58. The molecule has 0 bridgehead atoms. The van der Waals surface area contributed by atoms with Crippen molar-refractivity contribution in [3.63, 3.8) is 0 Å². The van der Waals surface area contributed by atoms with Crippen molar-refractivity contribution in [3.8, 4) is 34.0 Å². The van der Waals surface area contributed by atoms with Crippen molar-refractivity contribution in [3.05, 3.63) is 76.5 Å². The molecule has 32 heavy (non-hydrogen) atoms. The second-order valence-electron chi connectivity index (χ2n) is 7.91. The van der Waals surface area contributed by atoms with Crippen LogP contribution < -0.4 is 10.9 Å². The Morgan fingerprint density at radius 1 is 1.12 bits per heavy atom. The van der Waals surface area contributed by atoms with E-state index in [2.05, 4.69) is 34.5 Å². The van der Waals surface area contributed by atoms with Gasteiger partial charge >= 0.3 is 0 Å².